The Morgan fingerprint density at radius 3 is 2.88 bits per heavy atom. The number of aryl methyl sites for hydroxylation is 2. The number of nitrogens with zero attached hydrogens (tertiary/aromatic N) is 3. The van der Waals surface area contributed by atoms with E-state index in [1.165, 1.54) is 0 Å². The predicted molar refractivity (Wildman–Crippen MR) is 90.2 cm³/mol. The van der Waals surface area contributed by atoms with Gasteiger partial charge in [0.1, 0.15) is 29.0 Å². The number of phenolic OH excluding ortho intramolecular Hbond substituents is 1. The monoisotopic (exact) mass is 317 g/mol. The molecule has 1 aromatic carbocycles. The maximum Gasteiger partial charge on any atom is 0.142 e. The second-order valence-electron chi connectivity index (χ2n) is 5.91. The Hall–Kier alpha value is -3.33. The van der Waals surface area contributed by atoms with E-state index >= 15 is 0 Å². The van der Waals surface area contributed by atoms with E-state index in [-0.39, 0.29) is 11.6 Å². The third kappa shape index (κ3) is 2.02. The van der Waals surface area contributed by atoms with E-state index in [9.17, 15) is 10.4 Å². The first-order chi connectivity index (χ1) is 11.6. The third-order valence-electron chi connectivity index (χ3n) is 4.40. The Morgan fingerprint density at radius 1 is 1.33 bits per heavy atom. The molecule has 3 aromatic rings. The van der Waals surface area contributed by atoms with Crippen molar-refractivity contribution in [1.82, 2.24) is 15.0 Å². The molecule has 0 aliphatic heterocycles. The number of nitrogens with two attached hydrogens (primary N) is 1. The number of rotatable bonds is 1. The Morgan fingerprint density at radius 2 is 2.17 bits per heavy atom. The van der Waals surface area contributed by atoms with Crippen molar-refractivity contribution >= 4 is 5.82 Å². The number of H-pyrrole nitrogens is 1. The highest BCUT2D eigenvalue weighted by molar-refractivity contribution is 5.85. The number of nitrogens with one attached hydrogen (secondary N) is 1. The van der Waals surface area contributed by atoms with E-state index in [1.54, 1.807) is 18.3 Å². The molecule has 1 aliphatic rings. The average molecular weight is 317 g/mol. The highest BCUT2D eigenvalue weighted by atomic mass is 16.3. The van der Waals surface area contributed by atoms with Crippen LogP contribution in [0.5, 0.6) is 5.75 Å². The van der Waals surface area contributed by atoms with Gasteiger partial charge in [-0.1, -0.05) is 0 Å². The number of nitrogen functional groups attached to an aromatic ring is 1. The van der Waals surface area contributed by atoms with Crippen molar-refractivity contribution in [2.45, 2.75) is 19.8 Å². The standard InChI is InChI=1S/C18H15N5O/c1-9-21-8-15(22-9)16-13-4-2-10-6-11(24)3-5-12(10)17(13)23-18(20)14(16)7-19/h3,5-6,8,24H,2,4H2,1H3,(H2,20,23)(H,21,22). The number of hydrogen-bond acceptors (Lipinski definition) is 5. The lowest BCUT2D eigenvalue weighted by Crippen LogP contribution is -2.11. The molecule has 118 valence electrons. The quantitative estimate of drug-likeness (QED) is 0.639. The number of fused-ring (bicyclic) bond motifs is 3. The number of anilines is 1. The predicted octanol–water partition coefficient (Wildman–Crippen LogP) is 2.71. The number of nitriles is 1. The van der Waals surface area contributed by atoms with Crippen LogP contribution in [0.1, 0.15) is 22.5 Å². The van der Waals surface area contributed by atoms with Crippen LogP contribution >= 0.6 is 0 Å². The zero-order chi connectivity index (χ0) is 16.8. The van der Waals surface area contributed by atoms with Crippen LogP contribution in [0, 0.1) is 18.3 Å². The van der Waals surface area contributed by atoms with E-state index in [1.807, 2.05) is 13.0 Å². The highest BCUT2D eigenvalue weighted by Gasteiger charge is 2.26. The lowest BCUT2D eigenvalue weighted by Gasteiger charge is -2.23. The summed E-state index contributed by atoms with van der Waals surface area (Å²) in [5.41, 5.74) is 11.7. The van der Waals surface area contributed by atoms with Gasteiger partial charge in [0.05, 0.1) is 17.6 Å². The van der Waals surface area contributed by atoms with Crippen molar-refractivity contribution in [2.24, 2.45) is 0 Å². The van der Waals surface area contributed by atoms with E-state index in [0.717, 1.165) is 52.3 Å². The van der Waals surface area contributed by atoms with Crippen molar-refractivity contribution < 1.29 is 5.11 Å². The van der Waals surface area contributed by atoms with Gasteiger partial charge in [-0.2, -0.15) is 5.26 Å². The van der Waals surface area contributed by atoms with Crippen LogP contribution in [0.25, 0.3) is 22.5 Å². The fourth-order valence-corrected chi connectivity index (χ4v) is 3.34. The molecule has 0 atom stereocenters. The molecule has 0 saturated carbocycles. The molecule has 24 heavy (non-hydrogen) atoms. The molecule has 2 aromatic heterocycles. The molecule has 6 nitrogen and oxygen atoms in total. The van der Waals surface area contributed by atoms with E-state index < -0.39 is 0 Å². The van der Waals surface area contributed by atoms with Gasteiger partial charge < -0.3 is 15.8 Å². The minimum atomic E-state index is 0.208. The second-order valence-corrected chi connectivity index (χ2v) is 5.91. The third-order valence-corrected chi connectivity index (χ3v) is 4.40. The number of imidazole rings is 1. The van der Waals surface area contributed by atoms with Crippen molar-refractivity contribution in [1.29, 1.82) is 5.26 Å². The molecule has 6 heteroatoms. The molecule has 1 aliphatic carbocycles. The number of hydrogen-bond donors (Lipinski definition) is 3. The molecule has 0 fully saturated rings. The van der Waals surface area contributed by atoms with Crippen molar-refractivity contribution in [3.05, 3.63) is 46.9 Å². The second kappa shape index (κ2) is 5.10. The zero-order valence-electron chi connectivity index (χ0n) is 13.1. The molecule has 0 unspecified atom stereocenters. The number of phenols is 1. The van der Waals surface area contributed by atoms with Gasteiger partial charge in [-0.05, 0) is 49.1 Å². The van der Waals surface area contributed by atoms with Crippen LogP contribution in [0.2, 0.25) is 0 Å². The fraction of sp³-hybridized carbons (Fsp3) is 0.167. The molecule has 0 amide bonds. The van der Waals surface area contributed by atoms with Gasteiger partial charge in [0.2, 0.25) is 0 Å². The normalized spacial score (nSPS) is 12.3. The molecule has 0 spiro atoms. The van der Waals surface area contributed by atoms with Crippen LogP contribution in [0.4, 0.5) is 5.82 Å². The topological polar surface area (TPSA) is 112 Å². The summed E-state index contributed by atoms with van der Waals surface area (Å²) in [5, 5.41) is 19.3. The summed E-state index contributed by atoms with van der Waals surface area (Å²) in [6.07, 6.45) is 3.21. The summed E-state index contributed by atoms with van der Waals surface area (Å²) >= 11 is 0. The number of benzene rings is 1. The SMILES string of the molecule is Cc1ncc(-c2c(C#N)c(N)nc3c2CCc2cc(O)ccc2-3)[nH]1. The Kier molecular flexibility index (Phi) is 3.03. The van der Waals surface area contributed by atoms with Crippen LogP contribution in [-0.2, 0) is 12.8 Å². The van der Waals surface area contributed by atoms with Crippen LogP contribution in [-0.4, -0.2) is 20.1 Å². The number of aromatic amines is 1. The molecule has 4 N–H and O–H groups in total. The molecule has 0 bridgehead atoms. The minimum absolute atomic E-state index is 0.208. The number of aromatic nitrogens is 3. The van der Waals surface area contributed by atoms with Gasteiger partial charge in [-0.3, -0.25) is 0 Å². The number of pyridine rings is 1. The molecule has 4 rings (SSSR count). The maximum absolute atomic E-state index is 9.71. The lowest BCUT2D eigenvalue weighted by molar-refractivity contribution is 0.474. The average Bonchev–Trinajstić information content (AvgIpc) is 2.99. The molecular weight excluding hydrogens is 302 g/mol. The van der Waals surface area contributed by atoms with Crippen molar-refractivity contribution in [3.8, 4) is 34.3 Å². The van der Waals surface area contributed by atoms with Gasteiger partial charge >= 0.3 is 0 Å². The highest BCUT2D eigenvalue weighted by Crippen LogP contribution is 2.41. The summed E-state index contributed by atoms with van der Waals surface area (Å²) < 4.78 is 0. The fourth-order valence-electron chi connectivity index (χ4n) is 3.34. The Labute approximate surface area is 138 Å². The zero-order valence-corrected chi connectivity index (χ0v) is 13.1. The smallest absolute Gasteiger partial charge is 0.142 e. The molecule has 2 heterocycles. The van der Waals surface area contributed by atoms with Crippen molar-refractivity contribution in [2.75, 3.05) is 5.73 Å². The maximum atomic E-state index is 9.71. The molecular formula is C18H15N5O. The van der Waals surface area contributed by atoms with Crippen molar-refractivity contribution in [3.63, 3.8) is 0 Å². The largest absolute Gasteiger partial charge is 0.508 e. The van der Waals surface area contributed by atoms with E-state index in [4.69, 9.17) is 5.73 Å². The lowest BCUT2D eigenvalue weighted by atomic mass is 9.84. The van der Waals surface area contributed by atoms with Crippen LogP contribution in [0.3, 0.4) is 0 Å². The van der Waals surface area contributed by atoms with E-state index in [0.29, 0.717) is 5.56 Å². The van der Waals surface area contributed by atoms with E-state index in [2.05, 4.69) is 21.0 Å². The summed E-state index contributed by atoms with van der Waals surface area (Å²) in [6, 6.07) is 7.43. The number of aromatic hydroxyl groups is 1. The summed E-state index contributed by atoms with van der Waals surface area (Å²) in [5.74, 6) is 1.22. The first kappa shape index (κ1) is 14.3. The summed E-state index contributed by atoms with van der Waals surface area (Å²) in [6.45, 7) is 1.87. The minimum Gasteiger partial charge on any atom is -0.508 e. The Balaban J connectivity index is 2.05. The van der Waals surface area contributed by atoms with Gasteiger partial charge in [0.25, 0.3) is 0 Å². The van der Waals surface area contributed by atoms with Crippen LogP contribution < -0.4 is 5.73 Å². The van der Waals surface area contributed by atoms with Gasteiger partial charge in [-0.15, -0.1) is 0 Å². The van der Waals surface area contributed by atoms with Gasteiger partial charge in [-0.25, -0.2) is 9.97 Å². The van der Waals surface area contributed by atoms with Gasteiger partial charge in [0, 0.05) is 11.1 Å². The first-order valence-corrected chi connectivity index (χ1v) is 7.65. The molecule has 0 radical (unpaired) electrons. The van der Waals surface area contributed by atoms with Gasteiger partial charge in [0.15, 0.2) is 0 Å². The Bertz CT molecular complexity index is 1010. The van der Waals surface area contributed by atoms with Crippen LogP contribution in [0.15, 0.2) is 24.4 Å². The summed E-state index contributed by atoms with van der Waals surface area (Å²) in [7, 11) is 0. The first-order valence-electron chi connectivity index (χ1n) is 7.65. The molecule has 0 saturated heterocycles. The summed E-state index contributed by atoms with van der Waals surface area (Å²) in [4.78, 5) is 11.9.